The summed E-state index contributed by atoms with van der Waals surface area (Å²) in [5.41, 5.74) is 4.09. The number of aliphatic imine (C=N–C) groups is 1. The van der Waals surface area contributed by atoms with Gasteiger partial charge in [-0.15, -0.1) is 0 Å². The molecule has 22 heavy (non-hydrogen) atoms. The van der Waals surface area contributed by atoms with Crippen molar-refractivity contribution >= 4 is 39.2 Å². The van der Waals surface area contributed by atoms with E-state index < -0.39 is 0 Å². The van der Waals surface area contributed by atoms with Crippen molar-refractivity contribution in [3.63, 3.8) is 0 Å². The predicted molar refractivity (Wildman–Crippen MR) is 91.0 cm³/mol. The molecular formula is C17H15BrFNOS. The number of nitrogens with zero attached hydrogens (tertiary/aromatic N) is 1. The third-order valence-electron chi connectivity index (χ3n) is 4.61. The quantitative estimate of drug-likeness (QED) is 0.711. The smallest absolute Gasteiger partial charge is 0.161 e. The molecule has 114 valence electrons. The number of hydrogen-bond donors (Lipinski definition) is 0. The van der Waals surface area contributed by atoms with Gasteiger partial charge in [-0.2, -0.15) is 11.8 Å². The predicted octanol–water partition coefficient (Wildman–Crippen LogP) is 4.64. The van der Waals surface area contributed by atoms with Crippen LogP contribution in [0.25, 0.3) is 0 Å². The van der Waals surface area contributed by atoms with Gasteiger partial charge in [0, 0.05) is 29.3 Å². The van der Waals surface area contributed by atoms with Gasteiger partial charge in [0.1, 0.15) is 5.82 Å². The molecule has 4 rings (SSSR count). The lowest BCUT2D eigenvalue weighted by Crippen LogP contribution is -2.32. The SMILES string of the molecule is O=C1CCCC2=C1[C@@H](c1ccc(F)c(Br)c1)C1SCCC1=N2. The number of thioether (sulfide) groups is 1. The highest BCUT2D eigenvalue weighted by molar-refractivity contribution is 9.10. The topological polar surface area (TPSA) is 29.4 Å². The van der Waals surface area contributed by atoms with E-state index in [1.165, 1.54) is 11.8 Å². The van der Waals surface area contributed by atoms with Crippen LogP contribution in [0.2, 0.25) is 0 Å². The van der Waals surface area contributed by atoms with E-state index in [4.69, 9.17) is 4.99 Å². The molecule has 2 nitrogen and oxygen atoms in total. The second kappa shape index (κ2) is 5.60. The van der Waals surface area contributed by atoms with Gasteiger partial charge in [-0.1, -0.05) is 6.07 Å². The highest BCUT2D eigenvalue weighted by atomic mass is 79.9. The Kier molecular flexibility index (Phi) is 3.73. The number of carbonyl (C=O) groups is 1. The fraction of sp³-hybridized carbons (Fsp3) is 0.412. The normalized spacial score (nSPS) is 27.5. The summed E-state index contributed by atoms with van der Waals surface area (Å²) < 4.78 is 14.0. The van der Waals surface area contributed by atoms with Gasteiger partial charge in [-0.3, -0.25) is 9.79 Å². The molecule has 0 saturated carbocycles. The van der Waals surface area contributed by atoms with E-state index >= 15 is 0 Å². The van der Waals surface area contributed by atoms with Crippen LogP contribution in [0.5, 0.6) is 0 Å². The fourth-order valence-corrected chi connectivity index (χ4v) is 5.45. The zero-order valence-corrected chi connectivity index (χ0v) is 14.3. The van der Waals surface area contributed by atoms with Gasteiger partial charge in [0.15, 0.2) is 5.78 Å². The molecule has 0 N–H and O–H groups in total. The molecular weight excluding hydrogens is 365 g/mol. The Hall–Kier alpha value is -0.940. The third kappa shape index (κ3) is 2.29. The van der Waals surface area contributed by atoms with Crippen molar-refractivity contribution in [3.05, 3.63) is 45.3 Å². The number of hydrogen-bond acceptors (Lipinski definition) is 3. The average molecular weight is 380 g/mol. The standard InChI is InChI=1S/C17H15BrFNOS/c18-10-8-9(4-5-11(10)19)15-16-12(2-1-3-14(16)21)20-13-6-7-22-17(13)15/h4-5,8,15,17H,1-3,6-7H2/t15-,17?/m1/s1. The van der Waals surface area contributed by atoms with Crippen molar-refractivity contribution in [2.24, 2.45) is 4.99 Å². The van der Waals surface area contributed by atoms with Crippen LogP contribution in [-0.4, -0.2) is 22.5 Å². The van der Waals surface area contributed by atoms with Crippen LogP contribution in [0, 0.1) is 5.82 Å². The van der Waals surface area contributed by atoms with E-state index in [2.05, 4.69) is 15.9 Å². The van der Waals surface area contributed by atoms with Crippen LogP contribution in [0.4, 0.5) is 4.39 Å². The summed E-state index contributed by atoms with van der Waals surface area (Å²) >= 11 is 5.15. The lowest BCUT2D eigenvalue weighted by molar-refractivity contribution is -0.116. The Labute approximate surface area is 141 Å². The highest BCUT2D eigenvalue weighted by Crippen LogP contribution is 2.47. The minimum atomic E-state index is -0.267. The molecule has 0 amide bonds. The van der Waals surface area contributed by atoms with E-state index in [-0.39, 0.29) is 22.8 Å². The molecule has 1 fully saturated rings. The Bertz CT molecular complexity index is 727. The molecule has 0 aromatic heterocycles. The summed E-state index contributed by atoms with van der Waals surface area (Å²) in [6, 6.07) is 5.13. The van der Waals surface area contributed by atoms with E-state index in [1.54, 1.807) is 0 Å². The summed E-state index contributed by atoms with van der Waals surface area (Å²) in [6.45, 7) is 0. The molecule has 2 heterocycles. The Morgan fingerprint density at radius 3 is 2.95 bits per heavy atom. The zero-order valence-electron chi connectivity index (χ0n) is 11.9. The first-order chi connectivity index (χ1) is 10.6. The fourth-order valence-electron chi connectivity index (χ4n) is 3.62. The molecule has 1 saturated heterocycles. The minimum absolute atomic E-state index is 0.0275. The zero-order chi connectivity index (χ0) is 15.3. The number of halogens is 2. The maximum Gasteiger partial charge on any atom is 0.161 e. The maximum absolute atomic E-state index is 13.6. The molecule has 0 bridgehead atoms. The molecule has 0 radical (unpaired) electrons. The molecule has 5 heteroatoms. The maximum atomic E-state index is 13.6. The van der Waals surface area contributed by atoms with Crippen LogP contribution in [0.1, 0.15) is 37.2 Å². The summed E-state index contributed by atoms with van der Waals surface area (Å²) in [6.07, 6.45) is 3.39. The molecule has 0 spiro atoms. The number of Topliss-reactive ketones (excluding diaryl/α,β-unsaturated/α-hetero) is 1. The van der Waals surface area contributed by atoms with Gasteiger partial charge in [-0.25, -0.2) is 4.39 Å². The highest BCUT2D eigenvalue weighted by Gasteiger charge is 2.42. The Morgan fingerprint density at radius 2 is 2.14 bits per heavy atom. The second-order valence-corrected chi connectivity index (χ2v) is 8.04. The van der Waals surface area contributed by atoms with Gasteiger partial charge >= 0.3 is 0 Å². The molecule has 1 aromatic rings. The Balaban J connectivity index is 1.87. The first-order valence-electron chi connectivity index (χ1n) is 7.55. The van der Waals surface area contributed by atoms with Crippen LogP contribution < -0.4 is 0 Å². The van der Waals surface area contributed by atoms with Crippen molar-refractivity contribution in [2.75, 3.05) is 5.75 Å². The molecule has 1 aromatic carbocycles. The number of rotatable bonds is 1. The van der Waals surface area contributed by atoms with Crippen molar-refractivity contribution < 1.29 is 9.18 Å². The van der Waals surface area contributed by atoms with Crippen LogP contribution >= 0.6 is 27.7 Å². The first kappa shape index (κ1) is 14.6. The lowest BCUT2D eigenvalue weighted by Gasteiger charge is -2.33. The summed E-state index contributed by atoms with van der Waals surface area (Å²) in [5.74, 6) is 1.04. The van der Waals surface area contributed by atoms with Gasteiger partial charge in [0.25, 0.3) is 0 Å². The number of fused-ring (bicyclic) bond motifs is 1. The van der Waals surface area contributed by atoms with Crippen molar-refractivity contribution in [3.8, 4) is 0 Å². The van der Waals surface area contributed by atoms with E-state index in [0.29, 0.717) is 10.9 Å². The van der Waals surface area contributed by atoms with Crippen molar-refractivity contribution in [2.45, 2.75) is 36.9 Å². The molecule has 1 unspecified atom stereocenters. The van der Waals surface area contributed by atoms with Crippen LogP contribution in [0.15, 0.2) is 38.9 Å². The van der Waals surface area contributed by atoms with Gasteiger partial charge < -0.3 is 0 Å². The lowest BCUT2D eigenvalue weighted by atomic mass is 9.77. The van der Waals surface area contributed by atoms with Crippen molar-refractivity contribution in [1.29, 1.82) is 0 Å². The van der Waals surface area contributed by atoms with E-state index in [1.807, 2.05) is 23.9 Å². The molecule has 3 aliphatic rings. The van der Waals surface area contributed by atoms with Gasteiger partial charge in [0.2, 0.25) is 0 Å². The molecule has 2 aliphatic heterocycles. The summed E-state index contributed by atoms with van der Waals surface area (Å²) in [7, 11) is 0. The minimum Gasteiger partial charge on any atom is -0.294 e. The second-order valence-electron chi connectivity index (χ2n) is 5.93. The average Bonchev–Trinajstić information content (AvgIpc) is 2.96. The number of carbonyl (C=O) groups excluding carboxylic acids is 1. The summed E-state index contributed by atoms with van der Waals surface area (Å²) in [5, 5.41) is 0.234. The van der Waals surface area contributed by atoms with E-state index in [9.17, 15) is 9.18 Å². The van der Waals surface area contributed by atoms with Gasteiger partial charge in [0.05, 0.1) is 9.72 Å². The van der Waals surface area contributed by atoms with Gasteiger partial charge in [-0.05, 0) is 58.6 Å². The first-order valence-corrected chi connectivity index (χ1v) is 9.39. The molecule has 1 aliphatic carbocycles. The Morgan fingerprint density at radius 1 is 1.27 bits per heavy atom. The number of allylic oxidation sites excluding steroid dienone is 2. The monoisotopic (exact) mass is 379 g/mol. The number of benzene rings is 1. The summed E-state index contributed by atoms with van der Waals surface area (Å²) in [4.78, 5) is 17.3. The molecule has 2 atom stereocenters. The number of ketones is 1. The van der Waals surface area contributed by atoms with Crippen LogP contribution in [-0.2, 0) is 4.79 Å². The van der Waals surface area contributed by atoms with Crippen LogP contribution in [0.3, 0.4) is 0 Å². The third-order valence-corrected chi connectivity index (χ3v) is 6.56. The largest absolute Gasteiger partial charge is 0.294 e. The van der Waals surface area contributed by atoms with Crippen molar-refractivity contribution in [1.82, 2.24) is 0 Å². The van der Waals surface area contributed by atoms with E-state index in [0.717, 1.165) is 41.8 Å².